The number of nitrogens with zero attached hydrogens (tertiary/aromatic N) is 2. The van der Waals surface area contributed by atoms with Crippen LogP contribution in [0.2, 0.25) is 0 Å². The van der Waals surface area contributed by atoms with Crippen LogP contribution in [0.3, 0.4) is 0 Å². The second-order valence-electron chi connectivity index (χ2n) is 6.68. The van der Waals surface area contributed by atoms with E-state index in [1.165, 1.54) is 12.8 Å². The molecule has 0 aromatic carbocycles. The van der Waals surface area contributed by atoms with E-state index in [0.29, 0.717) is 18.5 Å². The van der Waals surface area contributed by atoms with Gasteiger partial charge in [-0.25, -0.2) is 8.42 Å². The molecule has 0 spiro atoms. The van der Waals surface area contributed by atoms with E-state index in [9.17, 15) is 13.2 Å². The molecule has 3 aliphatic heterocycles. The molecular weight excluding hydrogens is 288 g/mol. The van der Waals surface area contributed by atoms with E-state index in [1.807, 2.05) is 4.90 Å². The summed E-state index contributed by atoms with van der Waals surface area (Å²) in [6, 6.07) is 0.794. The molecule has 21 heavy (non-hydrogen) atoms. The van der Waals surface area contributed by atoms with Crippen LogP contribution in [0.1, 0.15) is 39.0 Å². The van der Waals surface area contributed by atoms with Gasteiger partial charge in [-0.3, -0.25) is 9.69 Å². The zero-order valence-electron chi connectivity index (χ0n) is 12.8. The van der Waals surface area contributed by atoms with Gasteiger partial charge in [-0.2, -0.15) is 0 Å². The topological polar surface area (TPSA) is 57.7 Å². The molecule has 6 heteroatoms. The van der Waals surface area contributed by atoms with Crippen molar-refractivity contribution in [3.8, 4) is 0 Å². The van der Waals surface area contributed by atoms with Crippen molar-refractivity contribution in [1.29, 1.82) is 0 Å². The molecule has 0 bridgehead atoms. The summed E-state index contributed by atoms with van der Waals surface area (Å²) < 4.78 is 23.2. The minimum Gasteiger partial charge on any atom is -0.338 e. The first kappa shape index (κ1) is 15.3. The molecule has 120 valence electrons. The highest BCUT2D eigenvalue weighted by molar-refractivity contribution is 7.91. The van der Waals surface area contributed by atoms with Crippen LogP contribution in [-0.4, -0.2) is 67.3 Å². The maximum Gasteiger partial charge on any atom is 0.227 e. The molecule has 0 N–H and O–H groups in total. The third-order valence-electron chi connectivity index (χ3n) is 5.43. The van der Waals surface area contributed by atoms with Crippen LogP contribution in [0.25, 0.3) is 0 Å². The second-order valence-corrected chi connectivity index (χ2v) is 8.91. The Morgan fingerprint density at radius 3 is 2.48 bits per heavy atom. The molecule has 3 fully saturated rings. The molecule has 0 radical (unpaired) electrons. The lowest BCUT2D eigenvalue weighted by Gasteiger charge is -2.35. The normalized spacial score (nSPS) is 36.4. The summed E-state index contributed by atoms with van der Waals surface area (Å²) in [5, 5.41) is 0. The Labute approximate surface area is 127 Å². The first-order valence-corrected chi connectivity index (χ1v) is 10.1. The van der Waals surface area contributed by atoms with Crippen LogP contribution in [0.15, 0.2) is 0 Å². The first-order valence-electron chi connectivity index (χ1n) is 8.27. The number of likely N-dealkylation sites (N-methyl/N-ethyl adjacent to an activating group) is 1. The Hall–Kier alpha value is -0.620. The molecule has 0 aliphatic carbocycles. The first-order chi connectivity index (χ1) is 10.0. The van der Waals surface area contributed by atoms with E-state index in [0.717, 1.165) is 32.5 Å². The Kier molecular flexibility index (Phi) is 4.28. The zero-order chi connectivity index (χ0) is 15.0. The molecule has 3 heterocycles. The Morgan fingerprint density at radius 2 is 1.81 bits per heavy atom. The number of carbonyl (C=O) groups excluding carboxylic acids is 1. The summed E-state index contributed by atoms with van der Waals surface area (Å²) in [6.07, 6.45) is 5.04. The van der Waals surface area contributed by atoms with Crippen LogP contribution in [0.4, 0.5) is 0 Å². The molecular formula is C15H26N2O3S. The Morgan fingerprint density at radius 1 is 1.10 bits per heavy atom. The second kappa shape index (κ2) is 5.88. The quantitative estimate of drug-likeness (QED) is 0.776. The summed E-state index contributed by atoms with van der Waals surface area (Å²) in [7, 11) is -2.98. The van der Waals surface area contributed by atoms with Crippen molar-refractivity contribution in [1.82, 2.24) is 9.80 Å². The highest BCUT2D eigenvalue weighted by atomic mass is 32.2. The van der Waals surface area contributed by atoms with Crippen molar-refractivity contribution in [3.05, 3.63) is 0 Å². The summed E-state index contributed by atoms with van der Waals surface area (Å²) in [4.78, 5) is 17.2. The fourth-order valence-corrected chi connectivity index (χ4v) is 6.10. The lowest BCUT2D eigenvalue weighted by atomic mass is 10.0. The van der Waals surface area contributed by atoms with Crippen LogP contribution < -0.4 is 0 Å². The molecule has 1 amide bonds. The van der Waals surface area contributed by atoms with E-state index in [4.69, 9.17) is 0 Å². The number of sulfone groups is 1. The number of hydrogen-bond acceptors (Lipinski definition) is 4. The molecule has 0 aromatic heterocycles. The Balaban J connectivity index is 1.70. The van der Waals surface area contributed by atoms with Gasteiger partial charge in [-0.1, -0.05) is 6.92 Å². The van der Waals surface area contributed by atoms with Crippen LogP contribution >= 0.6 is 0 Å². The van der Waals surface area contributed by atoms with Gasteiger partial charge in [0, 0.05) is 18.6 Å². The summed E-state index contributed by atoms with van der Waals surface area (Å²) in [5.74, 6) is 0.0671. The van der Waals surface area contributed by atoms with Crippen molar-refractivity contribution in [2.24, 2.45) is 5.92 Å². The fraction of sp³-hybridized carbons (Fsp3) is 0.933. The summed E-state index contributed by atoms with van der Waals surface area (Å²) >= 11 is 0. The van der Waals surface area contributed by atoms with Gasteiger partial charge in [0.1, 0.15) is 0 Å². The lowest BCUT2D eigenvalue weighted by Crippen LogP contribution is -2.49. The third-order valence-corrected chi connectivity index (χ3v) is 7.20. The zero-order valence-corrected chi connectivity index (χ0v) is 13.6. The minimum absolute atomic E-state index is 0.0667. The van der Waals surface area contributed by atoms with Crippen molar-refractivity contribution >= 4 is 15.7 Å². The van der Waals surface area contributed by atoms with Gasteiger partial charge in [-0.15, -0.1) is 0 Å². The number of carbonyl (C=O) groups is 1. The largest absolute Gasteiger partial charge is 0.338 e. The van der Waals surface area contributed by atoms with E-state index >= 15 is 0 Å². The molecule has 3 unspecified atom stereocenters. The van der Waals surface area contributed by atoms with Crippen molar-refractivity contribution in [2.75, 3.05) is 31.1 Å². The van der Waals surface area contributed by atoms with Gasteiger partial charge in [0.15, 0.2) is 9.84 Å². The van der Waals surface area contributed by atoms with E-state index in [2.05, 4.69) is 11.8 Å². The molecule has 0 saturated carbocycles. The van der Waals surface area contributed by atoms with E-state index in [1.54, 1.807) is 0 Å². The maximum atomic E-state index is 12.7. The maximum absolute atomic E-state index is 12.7. The fourth-order valence-electron chi connectivity index (χ4n) is 4.37. The van der Waals surface area contributed by atoms with Gasteiger partial charge in [0.25, 0.3) is 0 Å². The van der Waals surface area contributed by atoms with Gasteiger partial charge in [0.05, 0.1) is 17.4 Å². The van der Waals surface area contributed by atoms with Crippen molar-refractivity contribution < 1.29 is 13.2 Å². The van der Waals surface area contributed by atoms with Crippen LogP contribution in [0.5, 0.6) is 0 Å². The van der Waals surface area contributed by atoms with Crippen LogP contribution in [0, 0.1) is 5.92 Å². The summed E-state index contributed by atoms with van der Waals surface area (Å²) in [5.41, 5.74) is 0. The molecule has 0 aromatic rings. The SMILES string of the molecule is CCN1CCCC1C1CCCN1C(=O)C1CCS(=O)(=O)C1. The number of rotatable bonds is 3. The molecule has 3 rings (SSSR count). The Bertz CT molecular complexity index is 505. The van der Waals surface area contributed by atoms with E-state index < -0.39 is 9.84 Å². The van der Waals surface area contributed by atoms with Gasteiger partial charge < -0.3 is 4.90 Å². The predicted molar refractivity (Wildman–Crippen MR) is 81.8 cm³/mol. The lowest BCUT2D eigenvalue weighted by molar-refractivity contribution is -0.136. The number of likely N-dealkylation sites (tertiary alicyclic amines) is 2. The van der Waals surface area contributed by atoms with Crippen LogP contribution in [-0.2, 0) is 14.6 Å². The average Bonchev–Trinajstić information content (AvgIpc) is 3.14. The standard InChI is InChI=1S/C15H26N2O3S/c1-2-16-8-3-5-13(16)14-6-4-9-17(14)15(18)12-7-10-21(19,20)11-12/h12-14H,2-11H2,1H3. The molecule has 3 saturated heterocycles. The molecule has 3 atom stereocenters. The van der Waals surface area contributed by atoms with Crippen molar-refractivity contribution in [2.45, 2.75) is 51.1 Å². The number of hydrogen-bond donors (Lipinski definition) is 0. The van der Waals surface area contributed by atoms with E-state index in [-0.39, 0.29) is 23.3 Å². The summed E-state index contributed by atoms with van der Waals surface area (Å²) in [6.45, 7) is 5.18. The number of amides is 1. The van der Waals surface area contributed by atoms with Gasteiger partial charge in [-0.05, 0) is 45.2 Å². The van der Waals surface area contributed by atoms with Gasteiger partial charge in [0.2, 0.25) is 5.91 Å². The molecule has 3 aliphatic rings. The monoisotopic (exact) mass is 314 g/mol. The van der Waals surface area contributed by atoms with Gasteiger partial charge >= 0.3 is 0 Å². The van der Waals surface area contributed by atoms with Crippen molar-refractivity contribution in [3.63, 3.8) is 0 Å². The highest BCUT2D eigenvalue weighted by Gasteiger charge is 2.43. The highest BCUT2D eigenvalue weighted by Crippen LogP contribution is 2.32. The third kappa shape index (κ3) is 2.97. The minimum atomic E-state index is -2.98. The predicted octanol–water partition coefficient (Wildman–Crippen LogP) is 0.896. The smallest absolute Gasteiger partial charge is 0.227 e. The average molecular weight is 314 g/mol. The molecule has 5 nitrogen and oxygen atoms in total.